The number of rotatable bonds is 3. The largest absolute Gasteiger partial charge is 0.761 e. The first kappa shape index (κ1) is 18.6. The van der Waals surface area contributed by atoms with Crippen LogP contribution in [0.3, 0.4) is 0 Å². The minimum atomic E-state index is -0.426. The predicted octanol–water partition coefficient (Wildman–Crippen LogP) is 4.80. The summed E-state index contributed by atoms with van der Waals surface area (Å²) in [5, 5.41) is 13.5. The molecule has 2 N–H and O–H groups in total. The van der Waals surface area contributed by atoms with Crippen LogP contribution < -0.4 is 5.90 Å². The molecular weight excluding hydrogens is 431 g/mol. The number of nitrogens with two attached hydrogens (primary N) is 1. The molecule has 4 saturated carbocycles. The average molecular weight is 461 g/mol. The minimum absolute atomic E-state index is 0.175. The summed E-state index contributed by atoms with van der Waals surface area (Å²) in [6.07, 6.45) is 9.60. The highest BCUT2D eigenvalue weighted by Gasteiger charge is 2.67. The molecule has 6 unspecified atom stereocenters. The van der Waals surface area contributed by atoms with Crippen molar-refractivity contribution in [1.29, 1.82) is 0 Å². The first-order chi connectivity index (χ1) is 11.8. The predicted molar refractivity (Wildman–Crippen MR) is 105 cm³/mol. The van der Waals surface area contributed by atoms with Crippen LogP contribution in [0.5, 0.6) is 0 Å². The van der Waals surface area contributed by atoms with E-state index in [1.54, 1.807) is 23.0 Å². The normalized spacial score (nSPS) is 52.2. The molecule has 5 nitrogen and oxygen atoms in total. The van der Waals surface area contributed by atoms with Gasteiger partial charge in [0.2, 0.25) is 0 Å². The highest BCUT2D eigenvalue weighted by atomic mass is 127. The molecule has 0 aromatic carbocycles. The van der Waals surface area contributed by atoms with E-state index in [1.807, 2.05) is 0 Å². The van der Waals surface area contributed by atoms with Gasteiger partial charge in [-0.3, -0.25) is 4.84 Å². The van der Waals surface area contributed by atoms with Crippen molar-refractivity contribution in [3.63, 3.8) is 0 Å². The molecule has 0 saturated heterocycles. The molecule has 0 aromatic rings. The monoisotopic (exact) mass is 461 g/mol. The van der Waals surface area contributed by atoms with E-state index in [-0.39, 0.29) is 16.4 Å². The number of halogens is 1. The van der Waals surface area contributed by atoms with Gasteiger partial charge in [-0.2, -0.15) is 0 Å². The Bertz CT molecular complexity index is 589. The van der Waals surface area contributed by atoms with Crippen LogP contribution in [0, 0.1) is 27.9 Å². The Hall–Kier alpha value is 0.270. The van der Waals surface area contributed by atoms with Crippen molar-refractivity contribution in [1.82, 2.24) is 5.23 Å². The third-order valence-corrected chi connectivity index (χ3v) is 9.16. The second-order valence-corrected chi connectivity index (χ2v) is 10.1. The lowest BCUT2D eigenvalue weighted by molar-refractivity contribution is -0.203. The summed E-state index contributed by atoms with van der Waals surface area (Å²) < 4.78 is 5.13. The van der Waals surface area contributed by atoms with Gasteiger partial charge in [0.05, 0.1) is 0 Å². The fourth-order valence-electron chi connectivity index (χ4n) is 7.77. The van der Waals surface area contributed by atoms with E-state index < -0.39 is 5.54 Å². The fraction of sp³-hybridized carbons (Fsp3) is 0.895. The second kappa shape index (κ2) is 5.88. The summed E-state index contributed by atoms with van der Waals surface area (Å²) in [6, 6.07) is 0. The van der Waals surface area contributed by atoms with Crippen LogP contribution in [0.4, 0.5) is 0 Å². The van der Waals surface area contributed by atoms with Crippen LogP contribution in [0.2, 0.25) is 0 Å². The maximum atomic E-state index is 12.6. The maximum absolute atomic E-state index is 12.6. The fourth-order valence-corrected chi connectivity index (χ4v) is 8.22. The third kappa shape index (κ3) is 2.30. The van der Waals surface area contributed by atoms with Crippen LogP contribution >= 0.6 is 23.0 Å². The van der Waals surface area contributed by atoms with Gasteiger partial charge in [-0.25, -0.2) is 14.3 Å². The van der Waals surface area contributed by atoms with Crippen LogP contribution in [0.1, 0.15) is 71.6 Å². The summed E-state index contributed by atoms with van der Waals surface area (Å²) in [5.74, 6) is 6.71. The molecule has 6 atom stereocenters. The Morgan fingerprint density at radius 2 is 1.92 bits per heavy atom. The summed E-state index contributed by atoms with van der Waals surface area (Å²) in [6.45, 7) is 8.90. The van der Waals surface area contributed by atoms with E-state index in [9.17, 15) is 5.21 Å². The zero-order valence-electron chi connectivity index (χ0n) is 15.4. The van der Waals surface area contributed by atoms with Crippen molar-refractivity contribution < 1.29 is 8.00 Å². The van der Waals surface area contributed by atoms with Gasteiger partial charge in [0.15, 0.2) is 0 Å². The van der Waals surface area contributed by atoms with Crippen molar-refractivity contribution >= 4 is 23.0 Å². The Balaban J connectivity index is 1.71. The molecule has 6 heteroatoms. The Morgan fingerprint density at radius 3 is 2.60 bits per heavy atom. The standard InChI is InChI=1S/C19H30IN2O3/c1-13-11-18-9-5-14-16(2,7-4-8-17(14,3)22(23)25-20)15(18)6-10-19(13,12-18)24-21/h14-15H,1,4-12,21H2,2-3H3/q-1. The molecule has 4 fully saturated rings. The lowest BCUT2D eigenvalue weighted by Crippen LogP contribution is -2.63. The summed E-state index contributed by atoms with van der Waals surface area (Å²) >= 11 is 1.73. The number of hydrogen-bond donors (Lipinski definition) is 1. The number of hydroxylamine groups is 2. The molecule has 2 bridgehead atoms. The van der Waals surface area contributed by atoms with E-state index >= 15 is 0 Å². The lowest BCUT2D eigenvalue weighted by Gasteiger charge is -2.66. The zero-order valence-corrected chi connectivity index (χ0v) is 17.5. The first-order valence-corrected chi connectivity index (χ1v) is 10.5. The topological polar surface area (TPSA) is 70.8 Å². The van der Waals surface area contributed by atoms with E-state index in [4.69, 9.17) is 13.9 Å². The lowest BCUT2D eigenvalue weighted by atomic mass is 9.42. The van der Waals surface area contributed by atoms with E-state index in [0.717, 1.165) is 56.6 Å². The van der Waals surface area contributed by atoms with Gasteiger partial charge in [0, 0.05) is 5.54 Å². The highest BCUT2D eigenvalue weighted by molar-refractivity contribution is 14.1. The summed E-state index contributed by atoms with van der Waals surface area (Å²) in [5.41, 5.74) is 0.905. The maximum Gasteiger partial charge on any atom is 0.135 e. The van der Waals surface area contributed by atoms with Crippen molar-refractivity contribution in [2.45, 2.75) is 82.8 Å². The van der Waals surface area contributed by atoms with Crippen LogP contribution in [0.15, 0.2) is 12.2 Å². The van der Waals surface area contributed by atoms with Crippen molar-refractivity contribution in [2.24, 2.45) is 28.6 Å². The van der Waals surface area contributed by atoms with Crippen LogP contribution in [-0.4, -0.2) is 16.4 Å². The van der Waals surface area contributed by atoms with Crippen molar-refractivity contribution in [2.75, 3.05) is 0 Å². The highest BCUT2D eigenvalue weighted by Crippen LogP contribution is 2.72. The molecule has 0 aliphatic heterocycles. The quantitative estimate of drug-likeness (QED) is 0.372. The van der Waals surface area contributed by atoms with Gasteiger partial charge >= 0.3 is 0 Å². The van der Waals surface area contributed by atoms with Gasteiger partial charge in [-0.15, -0.1) is 0 Å². The Labute approximate surface area is 164 Å². The van der Waals surface area contributed by atoms with Crippen molar-refractivity contribution in [3.05, 3.63) is 17.4 Å². The molecule has 142 valence electrons. The summed E-state index contributed by atoms with van der Waals surface area (Å²) in [7, 11) is 0. The molecule has 0 radical (unpaired) electrons. The van der Waals surface area contributed by atoms with Gasteiger partial charge in [-0.05, 0) is 86.5 Å². The van der Waals surface area contributed by atoms with Gasteiger partial charge in [-0.1, -0.05) is 19.9 Å². The molecular formula is C19H30IN2O3-. The van der Waals surface area contributed by atoms with Gasteiger partial charge in [0.25, 0.3) is 0 Å². The number of hydrogen-bond acceptors (Lipinski definition) is 5. The molecule has 4 aliphatic carbocycles. The summed E-state index contributed by atoms with van der Waals surface area (Å²) in [4.78, 5) is 5.51. The van der Waals surface area contributed by atoms with Crippen LogP contribution in [0.25, 0.3) is 0 Å². The minimum Gasteiger partial charge on any atom is -0.761 e. The molecule has 4 rings (SSSR count). The van der Waals surface area contributed by atoms with E-state index in [1.165, 1.54) is 12.0 Å². The van der Waals surface area contributed by atoms with Gasteiger partial charge in [0.1, 0.15) is 28.6 Å². The van der Waals surface area contributed by atoms with Gasteiger partial charge < -0.3 is 5.21 Å². The van der Waals surface area contributed by atoms with E-state index in [0.29, 0.717) is 11.8 Å². The number of fused-ring (bicyclic) bond motifs is 3. The van der Waals surface area contributed by atoms with Crippen LogP contribution in [-0.2, 0) is 8.00 Å². The molecule has 1 spiro atoms. The smallest absolute Gasteiger partial charge is 0.135 e. The molecule has 25 heavy (non-hydrogen) atoms. The second-order valence-electron chi connectivity index (χ2n) is 9.66. The molecule has 4 aliphatic rings. The molecule has 0 amide bonds. The van der Waals surface area contributed by atoms with Crippen molar-refractivity contribution in [3.8, 4) is 0 Å². The number of nitrogens with zero attached hydrogens (tertiary/aromatic N) is 1. The third-order valence-electron chi connectivity index (χ3n) is 8.80. The van der Waals surface area contributed by atoms with E-state index in [2.05, 4.69) is 20.4 Å². The first-order valence-electron chi connectivity index (χ1n) is 9.59. The average Bonchev–Trinajstić information content (AvgIpc) is 2.79. The Morgan fingerprint density at radius 1 is 1.20 bits per heavy atom. The molecule has 0 aromatic heterocycles. The Kier molecular flexibility index (Phi) is 4.38. The molecule has 0 heterocycles. The SMILES string of the molecule is C=C1CC23CCC4C(C)(CCCC4(C)N([O-])OI)C2CCC1(ON)C3. The zero-order chi connectivity index (χ0) is 18.1.